The molecule has 0 radical (unpaired) electrons. The van der Waals surface area contributed by atoms with Gasteiger partial charge in [0.05, 0.1) is 37.6 Å². The molecular weight excluding hydrogens is 359 g/mol. The first-order valence-electron chi connectivity index (χ1n) is 8.97. The molecule has 1 rings (SSSR count). The molecule has 0 aromatic rings. The van der Waals surface area contributed by atoms with Gasteiger partial charge in [-0.3, -0.25) is 0 Å². The number of aliphatic hydroxyl groups excluding tert-OH is 1. The Morgan fingerprint density at radius 2 is 1.12 bits per heavy atom. The molecule has 3 N–H and O–H groups in total. The second kappa shape index (κ2) is 26.4. The Balaban J connectivity index is -0.0000000593. The molecule has 0 amide bonds. The first-order chi connectivity index (χ1) is 10.4. The first-order valence-corrected chi connectivity index (χ1v) is 8.97. The zero-order chi connectivity index (χ0) is 17.5. The number of aliphatic hydroxyl groups is 2. The van der Waals surface area contributed by atoms with Crippen molar-refractivity contribution >= 4 is 0 Å². The Labute approximate surface area is 207 Å². The van der Waals surface area contributed by atoms with Gasteiger partial charge in [0.25, 0.3) is 0 Å². The van der Waals surface area contributed by atoms with Gasteiger partial charge in [0.1, 0.15) is 0 Å². The van der Waals surface area contributed by atoms with Gasteiger partial charge in [0.15, 0.2) is 0 Å². The Morgan fingerprint density at radius 1 is 0.808 bits per heavy atom. The summed E-state index contributed by atoms with van der Waals surface area (Å²) < 4.78 is 10.1. The van der Waals surface area contributed by atoms with Crippen LogP contribution in [0.25, 0.3) is 0 Å². The summed E-state index contributed by atoms with van der Waals surface area (Å²) in [6.07, 6.45) is 5.71. The average Bonchev–Trinajstić information content (AvgIpc) is 3.45. The Hall–Kier alpha value is 1.44. The molecule has 1 fully saturated rings. The van der Waals surface area contributed by atoms with E-state index in [0.717, 1.165) is 51.7 Å². The minimum absolute atomic E-state index is 0. The predicted octanol–water partition coefficient (Wildman–Crippen LogP) is 2.03. The molecular formula is C20H49KO5. The van der Waals surface area contributed by atoms with E-state index in [1.807, 2.05) is 20.8 Å². The van der Waals surface area contributed by atoms with Gasteiger partial charge in [-0.15, -0.1) is 0 Å². The van der Waals surface area contributed by atoms with Crippen molar-refractivity contribution in [1.82, 2.24) is 0 Å². The fourth-order valence-electron chi connectivity index (χ4n) is 2.07. The second-order valence-corrected chi connectivity index (χ2v) is 5.71. The largest absolute Gasteiger partial charge is 1.00 e. The molecule has 0 spiro atoms. The van der Waals surface area contributed by atoms with Crippen molar-refractivity contribution in [1.29, 1.82) is 0 Å². The quantitative estimate of drug-likeness (QED) is 0.450. The molecule has 26 heavy (non-hydrogen) atoms. The van der Waals surface area contributed by atoms with E-state index in [0.29, 0.717) is 6.61 Å². The van der Waals surface area contributed by atoms with Gasteiger partial charge in [-0.2, -0.15) is 0 Å². The summed E-state index contributed by atoms with van der Waals surface area (Å²) in [5.41, 5.74) is -0.358. The summed E-state index contributed by atoms with van der Waals surface area (Å²) >= 11 is 0. The normalized spacial score (nSPS) is 11.5. The standard InChI is InChI=1S/C9H20O2.C7H16O.C2H4O.2CH4.K.H2O/c1-4-9(5-2,6-3)11-8-7-10;1-4-7(8,5-2)6-3;1-2-3-1;;;;/h10H,4-8H2,1-3H3;8H,4-6H2,1-3H3;1-2H2;2*1H4;;1H2/q;;;;;+1;/p-1. The van der Waals surface area contributed by atoms with E-state index in [2.05, 4.69) is 25.5 Å². The van der Waals surface area contributed by atoms with Crippen LogP contribution >= 0.6 is 0 Å². The van der Waals surface area contributed by atoms with Crippen LogP contribution in [0, 0.1) is 0 Å². The molecule has 0 bridgehead atoms. The molecule has 6 heteroatoms. The Kier molecular flexibility index (Phi) is 42.4. The summed E-state index contributed by atoms with van der Waals surface area (Å²) in [7, 11) is 0. The third kappa shape index (κ3) is 23.5. The molecule has 0 unspecified atom stereocenters. The molecule has 1 heterocycles. The van der Waals surface area contributed by atoms with Crippen molar-refractivity contribution in [3.8, 4) is 0 Å². The van der Waals surface area contributed by atoms with Gasteiger partial charge in [-0.05, 0) is 38.5 Å². The van der Waals surface area contributed by atoms with E-state index in [1.54, 1.807) is 0 Å². The molecule has 1 aliphatic heterocycles. The van der Waals surface area contributed by atoms with Crippen molar-refractivity contribution < 1.29 is 76.5 Å². The number of epoxide rings is 1. The SMILES string of the molecule is C.C.C1CO1.CCC(CC)(CC)OCCO.CCC(O)(CC)CC.[K+].[OH-]. The van der Waals surface area contributed by atoms with Crippen LogP contribution in [0.4, 0.5) is 0 Å². The van der Waals surface area contributed by atoms with Gasteiger partial charge in [0.2, 0.25) is 0 Å². The monoisotopic (exact) mass is 408 g/mol. The van der Waals surface area contributed by atoms with Gasteiger partial charge < -0.3 is 25.2 Å². The minimum Gasteiger partial charge on any atom is -0.870 e. The fourth-order valence-corrected chi connectivity index (χ4v) is 2.07. The molecule has 160 valence electrons. The van der Waals surface area contributed by atoms with Crippen molar-refractivity contribution in [2.45, 2.75) is 106 Å². The molecule has 0 aliphatic carbocycles. The van der Waals surface area contributed by atoms with Crippen LogP contribution in [0.5, 0.6) is 0 Å². The number of rotatable bonds is 9. The summed E-state index contributed by atoms with van der Waals surface area (Å²) in [5.74, 6) is 0. The van der Waals surface area contributed by atoms with Crippen molar-refractivity contribution in [3.05, 3.63) is 0 Å². The average molecular weight is 409 g/mol. The molecule has 0 atom stereocenters. The van der Waals surface area contributed by atoms with Crippen LogP contribution in [-0.4, -0.2) is 53.3 Å². The third-order valence-electron chi connectivity index (χ3n) is 4.61. The van der Waals surface area contributed by atoms with E-state index < -0.39 is 0 Å². The summed E-state index contributed by atoms with van der Waals surface area (Å²) in [5, 5.41) is 18.0. The molecule has 5 nitrogen and oxygen atoms in total. The Bertz CT molecular complexity index is 211. The first kappa shape index (κ1) is 41.7. The summed E-state index contributed by atoms with van der Waals surface area (Å²) in [4.78, 5) is 0. The summed E-state index contributed by atoms with van der Waals surface area (Å²) in [6.45, 7) is 15.0. The molecule has 0 aromatic heterocycles. The van der Waals surface area contributed by atoms with E-state index in [-0.39, 0.29) is 89.5 Å². The smallest absolute Gasteiger partial charge is 0.870 e. The van der Waals surface area contributed by atoms with Crippen molar-refractivity contribution in [2.75, 3.05) is 26.4 Å². The van der Waals surface area contributed by atoms with Crippen LogP contribution in [0.15, 0.2) is 0 Å². The second-order valence-electron chi connectivity index (χ2n) is 5.71. The van der Waals surface area contributed by atoms with Crippen molar-refractivity contribution in [3.63, 3.8) is 0 Å². The van der Waals surface area contributed by atoms with E-state index in [9.17, 15) is 5.11 Å². The van der Waals surface area contributed by atoms with Crippen LogP contribution in [0.2, 0.25) is 0 Å². The minimum atomic E-state index is -0.375. The third-order valence-corrected chi connectivity index (χ3v) is 4.61. The van der Waals surface area contributed by atoms with Gasteiger partial charge in [-0.1, -0.05) is 56.4 Å². The van der Waals surface area contributed by atoms with Crippen molar-refractivity contribution in [2.24, 2.45) is 0 Å². The number of hydrogen-bond acceptors (Lipinski definition) is 5. The van der Waals surface area contributed by atoms with Gasteiger partial charge in [-0.25, -0.2) is 0 Å². The van der Waals surface area contributed by atoms with Crippen LogP contribution in [0.1, 0.15) is 94.9 Å². The maximum absolute atomic E-state index is 9.44. The number of hydrogen-bond donors (Lipinski definition) is 2. The van der Waals surface area contributed by atoms with E-state index in [1.165, 1.54) is 0 Å². The maximum Gasteiger partial charge on any atom is 1.00 e. The van der Waals surface area contributed by atoms with Crippen LogP contribution in [-0.2, 0) is 9.47 Å². The molecule has 0 saturated carbocycles. The Morgan fingerprint density at radius 3 is 1.23 bits per heavy atom. The van der Waals surface area contributed by atoms with Gasteiger partial charge >= 0.3 is 51.4 Å². The number of ether oxygens (including phenoxy) is 2. The van der Waals surface area contributed by atoms with Crippen LogP contribution < -0.4 is 51.4 Å². The van der Waals surface area contributed by atoms with E-state index in [4.69, 9.17) is 9.84 Å². The predicted molar refractivity (Wildman–Crippen MR) is 109 cm³/mol. The maximum atomic E-state index is 9.44. The molecule has 1 aliphatic rings. The van der Waals surface area contributed by atoms with Crippen LogP contribution in [0.3, 0.4) is 0 Å². The topological polar surface area (TPSA) is 92.2 Å². The molecule has 1 saturated heterocycles. The fraction of sp³-hybridized carbons (Fsp3) is 1.00. The zero-order valence-electron chi connectivity index (χ0n) is 17.2. The summed E-state index contributed by atoms with van der Waals surface area (Å²) in [6, 6.07) is 0. The molecule has 0 aromatic carbocycles. The zero-order valence-corrected chi connectivity index (χ0v) is 20.4. The van der Waals surface area contributed by atoms with Gasteiger partial charge in [0, 0.05) is 0 Å². The van der Waals surface area contributed by atoms with E-state index >= 15 is 0 Å².